The van der Waals surface area contributed by atoms with Crippen molar-refractivity contribution >= 4 is 22.6 Å². The third-order valence-corrected chi connectivity index (χ3v) is 4.33. The van der Waals surface area contributed by atoms with Crippen LogP contribution in [0.5, 0.6) is 0 Å². The Hall–Kier alpha value is 0.240. The molecule has 1 fully saturated rings. The van der Waals surface area contributed by atoms with Gasteiger partial charge in [-0.2, -0.15) is 0 Å². The van der Waals surface area contributed by atoms with Crippen molar-refractivity contribution in [3.05, 3.63) is 10.3 Å². The smallest absolute Gasteiger partial charge is 0.0676 e. The van der Waals surface area contributed by atoms with E-state index in [1.807, 2.05) is 0 Å². The molecule has 0 N–H and O–H groups in total. The number of hydrogen-bond donors (Lipinski definition) is 0. The Bertz CT molecular complexity index is 151. The molecule has 0 saturated carbocycles. The molecular weight excluding hydrogens is 152 g/mol. The summed E-state index contributed by atoms with van der Waals surface area (Å²) >= 11 is 1.74. The highest BCUT2D eigenvalue weighted by Crippen LogP contribution is 2.27. The van der Waals surface area contributed by atoms with Gasteiger partial charge in [-0.25, -0.2) is 0 Å². The van der Waals surface area contributed by atoms with Crippen LogP contribution in [0.1, 0.15) is 13.3 Å². The maximum Gasteiger partial charge on any atom is 0.0676 e. The van der Waals surface area contributed by atoms with Crippen LogP contribution in [-0.4, -0.2) is 15.7 Å². The van der Waals surface area contributed by atoms with E-state index in [1.165, 1.54) is 0 Å². The van der Waals surface area contributed by atoms with Gasteiger partial charge in [0.2, 0.25) is 0 Å². The minimum atomic E-state index is -0.636. The van der Waals surface area contributed by atoms with Crippen molar-refractivity contribution in [2.75, 3.05) is 11.5 Å². The second kappa shape index (κ2) is 3.42. The summed E-state index contributed by atoms with van der Waals surface area (Å²) in [5.74, 6) is 1.90. The average molecular weight is 162 g/mol. The van der Waals surface area contributed by atoms with Gasteiger partial charge in [0.15, 0.2) is 0 Å². The maximum absolute atomic E-state index is 11.0. The number of allylic oxidation sites excluding steroid dienone is 1. The summed E-state index contributed by atoms with van der Waals surface area (Å²) < 4.78 is 12.1. The number of hydrogen-bond acceptors (Lipinski definition) is 2. The highest BCUT2D eigenvalue weighted by molar-refractivity contribution is 8.19. The zero-order chi connectivity index (χ0) is 6.69. The number of rotatable bonds is 1. The Labute approximate surface area is 62.4 Å². The Morgan fingerprint density at radius 3 is 3.11 bits per heavy atom. The van der Waals surface area contributed by atoms with Gasteiger partial charge in [-0.3, -0.25) is 4.21 Å². The van der Waals surface area contributed by atoms with Crippen LogP contribution < -0.4 is 0 Å². The molecule has 0 radical (unpaired) electrons. The summed E-state index contributed by atoms with van der Waals surface area (Å²) in [5, 5.41) is 0. The summed E-state index contributed by atoms with van der Waals surface area (Å²) in [6.45, 7) is 2.07. The minimum absolute atomic E-state index is 0.636. The predicted molar refractivity (Wildman–Crippen MR) is 43.8 cm³/mol. The first-order chi connectivity index (χ1) is 4.34. The van der Waals surface area contributed by atoms with Gasteiger partial charge in [0.1, 0.15) is 0 Å². The van der Waals surface area contributed by atoms with E-state index in [9.17, 15) is 4.21 Å². The molecule has 3 heteroatoms. The summed E-state index contributed by atoms with van der Waals surface area (Å²) in [7, 11) is -0.636. The van der Waals surface area contributed by atoms with E-state index in [2.05, 4.69) is 13.0 Å². The largest absolute Gasteiger partial charge is 0.254 e. The van der Waals surface area contributed by atoms with E-state index in [0.717, 1.165) is 22.2 Å². The molecule has 1 unspecified atom stereocenters. The van der Waals surface area contributed by atoms with E-state index < -0.39 is 10.8 Å². The summed E-state index contributed by atoms with van der Waals surface area (Å²) in [6.07, 6.45) is 3.07. The molecule has 0 aromatic carbocycles. The average Bonchev–Trinajstić information content (AvgIpc) is 2.18. The Kier molecular flexibility index (Phi) is 2.79. The van der Waals surface area contributed by atoms with Crippen LogP contribution in [-0.2, 0) is 10.8 Å². The fourth-order valence-corrected chi connectivity index (χ4v) is 3.71. The van der Waals surface area contributed by atoms with Crippen molar-refractivity contribution in [3.63, 3.8) is 0 Å². The number of thioether (sulfide) groups is 1. The highest BCUT2D eigenvalue weighted by Gasteiger charge is 2.14. The van der Waals surface area contributed by atoms with Gasteiger partial charge in [0.05, 0.1) is 15.0 Å². The lowest BCUT2D eigenvalue weighted by molar-refractivity contribution is 0.689. The Morgan fingerprint density at radius 1 is 1.89 bits per heavy atom. The molecule has 1 atom stereocenters. The van der Waals surface area contributed by atoms with Crippen molar-refractivity contribution in [2.45, 2.75) is 13.3 Å². The highest BCUT2D eigenvalue weighted by atomic mass is 32.2. The quantitative estimate of drug-likeness (QED) is 0.584. The fraction of sp³-hybridized carbons (Fsp3) is 0.667. The summed E-state index contributed by atoms with van der Waals surface area (Å²) in [6, 6.07) is 0. The second-order valence-corrected chi connectivity index (χ2v) is 4.76. The summed E-state index contributed by atoms with van der Waals surface area (Å²) in [4.78, 5) is 0. The molecule has 0 amide bonds. The minimum Gasteiger partial charge on any atom is -0.254 e. The van der Waals surface area contributed by atoms with Crippen LogP contribution in [0.15, 0.2) is 10.3 Å². The topological polar surface area (TPSA) is 17.1 Å². The van der Waals surface area contributed by atoms with Gasteiger partial charge in [-0.1, -0.05) is 13.0 Å². The van der Waals surface area contributed by atoms with Crippen LogP contribution in [0.4, 0.5) is 0 Å². The van der Waals surface area contributed by atoms with Crippen LogP contribution in [0.2, 0.25) is 0 Å². The third-order valence-electron chi connectivity index (χ3n) is 1.11. The molecule has 1 aliphatic rings. The molecule has 9 heavy (non-hydrogen) atoms. The lowest BCUT2D eigenvalue weighted by Gasteiger charge is -1.88. The van der Waals surface area contributed by atoms with Gasteiger partial charge in [-0.05, 0) is 6.42 Å². The van der Waals surface area contributed by atoms with Crippen LogP contribution in [0.3, 0.4) is 0 Å². The van der Waals surface area contributed by atoms with Gasteiger partial charge < -0.3 is 0 Å². The molecule has 1 aliphatic heterocycles. The SMILES string of the molecule is CC/C=C1\SCCS1=O. The summed E-state index contributed by atoms with van der Waals surface area (Å²) in [5.41, 5.74) is 0. The predicted octanol–water partition coefficient (Wildman–Crippen LogP) is 1.73. The Morgan fingerprint density at radius 2 is 2.67 bits per heavy atom. The molecule has 1 nitrogen and oxygen atoms in total. The molecule has 0 aromatic rings. The molecule has 0 aliphatic carbocycles. The molecule has 1 rings (SSSR count). The van der Waals surface area contributed by atoms with Gasteiger partial charge in [-0.15, -0.1) is 11.8 Å². The maximum atomic E-state index is 11.0. The van der Waals surface area contributed by atoms with Gasteiger partial charge in [0, 0.05) is 11.5 Å². The molecule has 1 saturated heterocycles. The van der Waals surface area contributed by atoms with E-state index >= 15 is 0 Å². The third kappa shape index (κ3) is 1.83. The van der Waals surface area contributed by atoms with Crippen molar-refractivity contribution < 1.29 is 4.21 Å². The standard InChI is InChI=1S/C6H10OS2/c1-2-3-6-8-4-5-9(6)7/h3H,2,4-5H2,1H3/b6-3+. The molecular formula is C6H10OS2. The van der Waals surface area contributed by atoms with Gasteiger partial charge in [0.25, 0.3) is 0 Å². The van der Waals surface area contributed by atoms with Crippen molar-refractivity contribution in [1.29, 1.82) is 0 Å². The van der Waals surface area contributed by atoms with Crippen LogP contribution in [0.25, 0.3) is 0 Å². The zero-order valence-electron chi connectivity index (χ0n) is 5.42. The normalized spacial score (nSPS) is 31.7. The first-order valence-electron chi connectivity index (χ1n) is 3.06. The molecule has 0 aromatic heterocycles. The monoisotopic (exact) mass is 162 g/mol. The molecule has 0 bridgehead atoms. The Balaban J connectivity index is 2.59. The van der Waals surface area contributed by atoms with Crippen molar-refractivity contribution in [2.24, 2.45) is 0 Å². The molecule has 0 spiro atoms. The van der Waals surface area contributed by atoms with Crippen LogP contribution >= 0.6 is 11.8 Å². The van der Waals surface area contributed by atoms with E-state index in [1.54, 1.807) is 11.8 Å². The molecule has 1 heterocycles. The van der Waals surface area contributed by atoms with E-state index in [-0.39, 0.29) is 0 Å². The lowest BCUT2D eigenvalue weighted by atomic mass is 10.5. The van der Waals surface area contributed by atoms with E-state index in [4.69, 9.17) is 0 Å². The van der Waals surface area contributed by atoms with Gasteiger partial charge >= 0.3 is 0 Å². The first kappa shape index (κ1) is 7.35. The fourth-order valence-electron chi connectivity index (χ4n) is 0.703. The zero-order valence-corrected chi connectivity index (χ0v) is 7.06. The van der Waals surface area contributed by atoms with Crippen molar-refractivity contribution in [1.82, 2.24) is 0 Å². The lowest BCUT2D eigenvalue weighted by Crippen LogP contribution is -1.87. The molecule has 52 valence electrons. The van der Waals surface area contributed by atoms with Crippen molar-refractivity contribution in [3.8, 4) is 0 Å². The second-order valence-electron chi connectivity index (χ2n) is 1.83. The van der Waals surface area contributed by atoms with Crippen LogP contribution in [0, 0.1) is 0 Å². The first-order valence-corrected chi connectivity index (χ1v) is 5.36. The van der Waals surface area contributed by atoms with E-state index in [0.29, 0.717) is 0 Å².